The van der Waals surface area contributed by atoms with Crippen molar-refractivity contribution in [2.45, 2.75) is 61.3 Å². The molecule has 2 aliphatic rings. The highest BCUT2D eigenvalue weighted by Crippen LogP contribution is 2.36. The molecule has 100 valence electrons. The molecule has 0 aromatic heterocycles. The Balaban J connectivity index is 1.67. The second-order valence-corrected chi connectivity index (χ2v) is 6.96. The molecule has 0 unspecified atom stereocenters. The lowest BCUT2D eigenvalue weighted by Gasteiger charge is -2.11. The average molecular weight is 272 g/mol. The van der Waals surface area contributed by atoms with Crippen LogP contribution in [0.25, 0.3) is 0 Å². The fraction of sp³-hybridized carbons (Fsp3) is 0.562. The molecule has 0 aliphatic heterocycles. The first-order chi connectivity index (χ1) is 9.35. The van der Waals surface area contributed by atoms with Crippen LogP contribution in [0, 0.1) is 11.3 Å². The molecule has 3 rings (SSSR count). The monoisotopic (exact) mass is 272 g/mol. The van der Waals surface area contributed by atoms with Crippen LogP contribution in [-0.4, -0.2) is 11.3 Å². The van der Waals surface area contributed by atoms with Crippen molar-refractivity contribution in [1.29, 1.82) is 5.26 Å². The third-order valence-corrected chi connectivity index (χ3v) is 5.35. The van der Waals surface area contributed by atoms with Crippen molar-refractivity contribution < 1.29 is 0 Å². The van der Waals surface area contributed by atoms with E-state index in [2.05, 4.69) is 29.6 Å². The number of hydrogen-bond acceptors (Lipinski definition) is 3. The van der Waals surface area contributed by atoms with Crippen molar-refractivity contribution in [2.24, 2.45) is 0 Å². The standard InChI is InChI=1S/C16H20N2S/c17-10-13-9-12(11-18-14-6-7-14)5-8-16(13)19-15-3-1-2-4-15/h5,8-9,14-15,18H,1-4,6-7,11H2. The number of nitrogens with zero attached hydrogens (tertiary/aromatic N) is 1. The number of rotatable bonds is 5. The van der Waals surface area contributed by atoms with E-state index in [9.17, 15) is 5.26 Å². The van der Waals surface area contributed by atoms with Gasteiger partial charge in [-0.15, -0.1) is 11.8 Å². The minimum atomic E-state index is 0.720. The maximum Gasteiger partial charge on any atom is 0.100 e. The second kappa shape index (κ2) is 5.98. The highest BCUT2D eigenvalue weighted by Gasteiger charge is 2.20. The molecule has 1 N–H and O–H groups in total. The van der Waals surface area contributed by atoms with Gasteiger partial charge in [-0.25, -0.2) is 0 Å². The normalized spacial score (nSPS) is 19.5. The van der Waals surface area contributed by atoms with Gasteiger partial charge in [0, 0.05) is 22.7 Å². The Morgan fingerprint density at radius 1 is 1.21 bits per heavy atom. The molecule has 0 bridgehead atoms. The minimum absolute atomic E-state index is 0.720. The Morgan fingerprint density at radius 2 is 2.00 bits per heavy atom. The zero-order valence-electron chi connectivity index (χ0n) is 11.2. The average Bonchev–Trinajstić information content (AvgIpc) is 3.13. The molecule has 2 saturated carbocycles. The van der Waals surface area contributed by atoms with Crippen molar-refractivity contribution in [3.63, 3.8) is 0 Å². The quantitative estimate of drug-likeness (QED) is 0.884. The molecule has 2 aliphatic carbocycles. The van der Waals surface area contributed by atoms with Crippen molar-refractivity contribution >= 4 is 11.8 Å². The van der Waals surface area contributed by atoms with E-state index >= 15 is 0 Å². The smallest absolute Gasteiger partial charge is 0.100 e. The molecule has 19 heavy (non-hydrogen) atoms. The van der Waals surface area contributed by atoms with Crippen molar-refractivity contribution in [3.05, 3.63) is 29.3 Å². The van der Waals surface area contributed by atoms with Crippen LogP contribution >= 0.6 is 11.8 Å². The van der Waals surface area contributed by atoms with Gasteiger partial charge in [-0.2, -0.15) is 5.26 Å². The summed E-state index contributed by atoms with van der Waals surface area (Å²) in [6.45, 7) is 0.897. The van der Waals surface area contributed by atoms with E-state index in [0.29, 0.717) is 0 Å². The van der Waals surface area contributed by atoms with Gasteiger partial charge in [0.25, 0.3) is 0 Å². The lowest BCUT2D eigenvalue weighted by atomic mass is 10.1. The first-order valence-electron chi connectivity index (χ1n) is 7.28. The van der Waals surface area contributed by atoms with Crippen molar-refractivity contribution in [3.8, 4) is 6.07 Å². The molecule has 2 fully saturated rings. The summed E-state index contributed by atoms with van der Waals surface area (Å²) in [6.07, 6.45) is 7.92. The van der Waals surface area contributed by atoms with Gasteiger partial charge in [-0.3, -0.25) is 0 Å². The molecule has 0 spiro atoms. The summed E-state index contributed by atoms with van der Waals surface area (Å²) >= 11 is 1.90. The topological polar surface area (TPSA) is 35.8 Å². The summed E-state index contributed by atoms with van der Waals surface area (Å²) in [5.74, 6) is 0. The predicted octanol–water partition coefficient (Wildman–Crippen LogP) is 3.84. The highest BCUT2D eigenvalue weighted by molar-refractivity contribution is 8.00. The Bertz CT molecular complexity index is 482. The third-order valence-electron chi connectivity index (χ3n) is 3.93. The van der Waals surface area contributed by atoms with Gasteiger partial charge in [-0.05, 0) is 43.4 Å². The van der Waals surface area contributed by atoms with Crippen LogP contribution in [0.5, 0.6) is 0 Å². The molecule has 0 saturated heterocycles. The van der Waals surface area contributed by atoms with E-state index in [1.54, 1.807) is 0 Å². The third kappa shape index (κ3) is 3.52. The van der Waals surface area contributed by atoms with Gasteiger partial charge < -0.3 is 5.32 Å². The zero-order valence-corrected chi connectivity index (χ0v) is 12.0. The van der Waals surface area contributed by atoms with Crippen LogP contribution in [-0.2, 0) is 6.54 Å². The Hall–Kier alpha value is -0.980. The van der Waals surface area contributed by atoms with Gasteiger partial charge in [0.2, 0.25) is 0 Å². The van der Waals surface area contributed by atoms with E-state index < -0.39 is 0 Å². The maximum absolute atomic E-state index is 9.32. The summed E-state index contributed by atoms with van der Waals surface area (Å²) in [5, 5.41) is 13.5. The first-order valence-corrected chi connectivity index (χ1v) is 8.16. The number of benzene rings is 1. The van der Waals surface area contributed by atoms with Gasteiger partial charge in [0.1, 0.15) is 6.07 Å². The number of nitrogens with one attached hydrogen (secondary N) is 1. The molecule has 3 heteroatoms. The van der Waals surface area contributed by atoms with Gasteiger partial charge in [0.05, 0.1) is 5.56 Å². The molecule has 0 heterocycles. The fourth-order valence-electron chi connectivity index (χ4n) is 2.61. The van der Waals surface area contributed by atoms with E-state index in [4.69, 9.17) is 0 Å². The lowest BCUT2D eigenvalue weighted by Crippen LogP contribution is -2.15. The van der Waals surface area contributed by atoms with Crippen LogP contribution in [0.1, 0.15) is 49.7 Å². The van der Waals surface area contributed by atoms with Crippen molar-refractivity contribution in [2.75, 3.05) is 0 Å². The van der Waals surface area contributed by atoms with Crippen LogP contribution in [0.2, 0.25) is 0 Å². The number of thioether (sulfide) groups is 1. The largest absolute Gasteiger partial charge is 0.310 e. The molecule has 1 aromatic rings. The minimum Gasteiger partial charge on any atom is -0.310 e. The molecule has 0 atom stereocenters. The first kappa shape index (κ1) is 13.0. The van der Waals surface area contributed by atoms with Crippen LogP contribution < -0.4 is 5.32 Å². The Morgan fingerprint density at radius 3 is 2.68 bits per heavy atom. The van der Waals surface area contributed by atoms with Gasteiger partial charge in [0.15, 0.2) is 0 Å². The summed E-state index contributed by atoms with van der Waals surface area (Å²) in [4.78, 5) is 1.17. The van der Waals surface area contributed by atoms with E-state index in [1.165, 1.54) is 49.0 Å². The molecular formula is C16H20N2S. The van der Waals surface area contributed by atoms with E-state index in [1.807, 2.05) is 11.8 Å². The summed E-state index contributed by atoms with van der Waals surface area (Å²) < 4.78 is 0. The van der Waals surface area contributed by atoms with E-state index in [0.717, 1.165) is 23.4 Å². The molecule has 2 nitrogen and oxygen atoms in total. The maximum atomic E-state index is 9.32. The lowest BCUT2D eigenvalue weighted by molar-refractivity contribution is 0.687. The second-order valence-electron chi connectivity index (χ2n) is 5.62. The van der Waals surface area contributed by atoms with Crippen molar-refractivity contribution in [1.82, 2.24) is 5.32 Å². The van der Waals surface area contributed by atoms with Gasteiger partial charge >= 0.3 is 0 Å². The summed E-state index contributed by atoms with van der Waals surface area (Å²) in [7, 11) is 0. The summed E-state index contributed by atoms with van der Waals surface area (Å²) in [6, 6.07) is 9.47. The molecule has 0 amide bonds. The van der Waals surface area contributed by atoms with Gasteiger partial charge in [-0.1, -0.05) is 18.9 Å². The highest BCUT2D eigenvalue weighted by atomic mass is 32.2. The SMILES string of the molecule is N#Cc1cc(CNC2CC2)ccc1SC1CCCC1. The number of nitriles is 1. The van der Waals surface area contributed by atoms with E-state index in [-0.39, 0.29) is 0 Å². The zero-order chi connectivity index (χ0) is 13.1. The van der Waals surface area contributed by atoms with Crippen LogP contribution in [0.4, 0.5) is 0 Å². The fourth-order valence-corrected chi connectivity index (χ4v) is 3.92. The summed E-state index contributed by atoms with van der Waals surface area (Å²) in [5.41, 5.74) is 2.09. The molecular weight excluding hydrogens is 252 g/mol. The van der Waals surface area contributed by atoms with Crippen LogP contribution in [0.3, 0.4) is 0 Å². The predicted molar refractivity (Wildman–Crippen MR) is 79.1 cm³/mol. The van der Waals surface area contributed by atoms with Crippen LogP contribution in [0.15, 0.2) is 23.1 Å². The Kier molecular flexibility index (Phi) is 4.10. The molecule has 1 aromatic carbocycles. The number of hydrogen-bond donors (Lipinski definition) is 1. The Labute approximate surface area is 119 Å². The molecule has 0 radical (unpaired) electrons.